The summed E-state index contributed by atoms with van der Waals surface area (Å²) in [6, 6.07) is 0. The van der Waals surface area contributed by atoms with Crippen LogP contribution in [0.2, 0.25) is 0 Å². The molecule has 4 bridgehead atoms. The quantitative estimate of drug-likeness (QED) is 0.389. The fourth-order valence-electron chi connectivity index (χ4n) is 8.96. The molecule has 0 amide bonds. The van der Waals surface area contributed by atoms with Crippen LogP contribution in [-0.4, -0.2) is 38.5 Å². The molecule has 8 atom stereocenters. The zero-order valence-electron chi connectivity index (χ0n) is 16.9. The number of carbonyl (C=O) groups excluding carboxylic acids is 2. The second kappa shape index (κ2) is 5.03. The van der Waals surface area contributed by atoms with Gasteiger partial charge in [0.15, 0.2) is 0 Å². The molecular weight excluding hydrogens is 431 g/mol. The molecule has 5 fully saturated rings. The predicted octanol–water partition coefficient (Wildman–Crippen LogP) is 3.63. The van der Waals surface area contributed by atoms with Gasteiger partial charge in [-0.3, -0.25) is 14.4 Å². The van der Waals surface area contributed by atoms with Crippen LogP contribution in [0.4, 0.5) is 0 Å². The molecule has 0 unspecified atom stereocenters. The number of aliphatic carboxylic acids is 1. The summed E-state index contributed by atoms with van der Waals surface area (Å²) in [5.41, 5.74) is -3.99. The van der Waals surface area contributed by atoms with Gasteiger partial charge in [-0.2, -0.15) is 0 Å². The first-order valence-electron chi connectivity index (χ1n) is 10.6. The summed E-state index contributed by atoms with van der Waals surface area (Å²) in [6.45, 7) is 3.18. The number of carboxylic acid groups (broad SMARTS) is 1. The number of esters is 2. The standard InChI is InChI=1S/C22H24Cl2O6/c1-11(25)29-20-7-4-12-18(9-20,8-19(20)10-22(19,23)24)13(15(26)27)14-17(2)5-3-6-21(12,14)30-16(17)28/h3,5,12-14H,4,6-10H2,1-2H3,(H,26,27)/t12-,13-,14-,17+,18+,19+,20+,21-/m1/s1. The fourth-order valence-corrected chi connectivity index (χ4v) is 9.90. The topological polar surface area (TPSA) is 89.9 Å². The van der Waals surface area contributed by atoms with Crippen molar-refractivity contribution in [1.29, 1.82) is 0 Å². The molecule has 6 nitrogen and oxygen atoms in total. The van der Waals surface area contributed by atoms with Crippen molar-refractivity contribution in [2.45, 2.75) is 67.9 Å². The zero-order valence-corrected chi connectivity index (χ0v) is 18.4. The highest BCUT2D eigenvalue weighted by molar-refractivity contribution is 6.51. The molecule has 162 valence electrons. The third-order valence-corrected chi connectivity index (χ3v) is 10.7. The van der Waals surface area contributed by atoms with Gasteiger partial charge in [-0.25, -0.2) is 0 Å². The van der Waals surface area contributed by atoms with E-state index >= 15 is 0 Å². The van der Waals surface area contributed by atoms with Gasteiger partial charge in [0.05, 0.1) is 11.3 Å². The van der Waals surface area contributed by atoms with E-state index in [0.29, 0.717) is 38.5 Å². The molecule has 0 aromatic rings. The van der Waals surface area contributed by atoms with Crippen LogP contribution in [0, 0.1) is 34.0 Å². The summed E-state index contributed by atoms with van der Waals surface area (Å²) in [7, 11) is 0. The van der Waals surface area contributed by atoms with Crippen LogP contribution in [0.15, 0.2) is 12.2 Å². The van der Waals surface area contributed by atoms with Crippen LogP contribution in [-0.2, 0) is 23.9 Å². The van der Waals surface area contributed by atoms with Crippen molar-refractivity contribution in [3.63, 3.8) is 0 Å². The van der Waals surface area contributed by atoms with Crippen molar-refractivity contribution < 1.29 is 29.0 Å². The van der Waals surface area contributed by atoms with Crippen molar-refractivity contribution in [2.75, 3.05) is 0 Å². The molecule has 0 aromatic heterocycles. The number of carboxylic acids is 1. The highest BCUT2D eigenvalue weighted by Crippen LogP contribution is 2.87. The number of halogens is 2. The molecule has 2 spiro atoms. The lowest BCUT2D eigenvalue weighted by molar-refractivity contribution is -0.174. The minimum absolute atomic E-state index is 0.125. The van der Waals surface area contributed by atoms with Crippen molar-refractivity contribution in [1.82, 2.24) is 0 Å². The van der Waals surface area contributed by atoms with Gasteiger partial charge in [0, 0.05) is 30.6 Å². The molecule has 0 radical (unpaired) electrons. The third kappa shape index (κ3) is 1.74. The monoisotopic (exact) mass is 454 g/mol. The Hall–Kier alpha value is -1.27. The average Bonchev–Trinajstić information content (AvgIpc) is 2.92. The molecule has 6 aliphatic rings. The molecule has 1 aliphatic heterocycles. The highest BCUT2D eigenvalue weighted by Gasteiger charge is 2.91. The maximum Gasteiger partial charge on any atom is 0.316 e. The molecule has 1 N–H and O–H groups in total. The number of hydrogen-bond acceptors (Lipinski definition) is 5. The molecular formula is C22H24Cl2O6. The van der Waals surface area contributed by atoms with E-state index in [9.17, 15) is 19.5 Å². The number of ether oxygens (including phenoxy) is 2. The Balaban J connectivity index is 1.57. The number of alkyl halides is 2. The number of rotatable bonds is 2. The third-order valence-electron chi connectivity index (χ3n) is 9.69. The molecule has 0 aromatic carbocycles. The largest absolute Gasteiger partial charge is 0.481 e. The van der Waals surface area contributed by atoms with Gasteiger partial charge in [-0.05, 0) is 44.4 Å². The molecule has 30 heavy (non-hydrogen) atoms. The Labute approximate surface area is 184 Å². The SMILES string of the molecule is CC(=O)O[C@@]12CC[C@@H]3[C@@](C1)(C[C@]21CC1(Cl)Cl)[C@@H](C(=O)O)[C@H]1[C@@]32CC=C[C@]1(C)C(=O)O2. The number of fused-ring (bicyclic) bond motifs is 2. The van der Waals surface area contributed by atoms with E-state index < -0.39 is 55.6 Å². The van der Waals surface area contributed by atoms with Crippen LogP contribution in [0.3, 0.4) is 0 Å². The lowest BCUT2D eigenvalue weighted by Crippen LogP contribution is -2.49. The normalized spacial score (nSPS) is 55.7. The predicted molar refractivity (Wildman–Crippen MR) is 106 cm³/mol. The molecule has 4 saturated carbocycles. The maximum absolute atomic E-state index is 12.9. The van der Waals surface area contributed by atoms with Crippen molar-refractivity contribution in [3.05, 3.63) is 12.2 Å². The van der Waals surface area contributed by atoms with E-state index in [1.807, 2.05) is 12.2 Å². The smallest absolute Gasteiger partial charge is 0.316 e. The van der Waals surface area contributed by atoms with Gasteiger partial charge >= 0.3 is 17.9 Å². The maximum atomic E-state index is 12.9. The summed E-state index contributed by atoms with van der Waals surface area (Å²) in [5.74, 6) is -3.02. The van der Waals surface area contributed by atoms with Crippen LogP contribution >= 0.6 is 23.2 Å². The average molecular weight is 455 g/mol. The first kappa shape index (κ1) is 19.4. The Morgan fingerprint density at radius 3 is 2.57 bits per heavy atom. The first-order chi connectivity index (χ1) is 13.9. The Kier molecular flexibility index (Phi) is 3.26. The summed E-state index contributed by atoms with van der Waals surface area (Å²) in [5, 5.41) is 10.5. The van der Waals surface area contributed by atoms with Crippen molar-refractivity contribution in [2.24, 2.45) is 34.0 Å². The second-order valence-electron chi connectivity index (χ2n) is 10.8. The minimum Gasteiger partial charge on any atom is -0.481 e. The summed E-state index contributed by atoms with van der Waals surface area (Å²) in [4.78, 5) is 37.8. The lowest BCUT2D eigenvalue weighted by atomic mass is 9.62. The summed E-state index contributed by atoms with van der Waals surface area (Å²) < 4.78 is 11.0. The van der Waals surface area contributed by atoms with Crippen molar-refractivity contribution >= 4 is 41.1 Å². The summed E-state index contributed by atoms with van der Waals surface area (Å²) in [6.07, 6.45) is 6.88. The van der Waals surface area contributed by atoms with E-state index in [1.165, 1.54) is 6.92 Å². The minimum atomic E-state index is -1.05. The van der Waals surface area contributed by atoms with Crippen LogP contribution in [0.5, 0.6) is 0 Å². The van der Waals surface area contributed by atoms with E-state index in [1.54, 1.807) is 6.92 Å². The van der Waals surface area contributed by atoms with Crippen LogP contribution in [0.25, 0.3) is 0 Å². The Bertz CT molecular complexity index is 961. The number of carbonyl (C=O) groups is 3. The Morgan fingerprint density at radius 2 is 1.97 bits per heavy atom. The number of hydrogen-bond donors (Lipinski definition) is 1. The summed E-state index contributed by atoms with van der Waals surface area (Å²) >= 11 is 13.3. The molecule has 1 heterocycles. The second-order valence-corrected chi connectivity index (χ2v) is 12.2. The van der Waals surface area contributed by atoms with Gasteiger partial charge in [-0.1, -0.05) is 12.2 Å². The molecule has 1 saturated heterocycles. The highest BCUT2D eigenvalue weighted by atomic mass is 35.5. The Morgan fingerprint density at radius 1 is 1.27 bits per heavy atom. The molecule has 5 aliphatic carbocycles. The molecule has 8 heteroatoms. The zero-order chi connectivity index (χ0) is 21.5. The van der Waals surface area contributed by atoms with Gasteiger partial charge in [0.25, 0.3) is 0 Å². The van der Waals surface area contributed by atoms with Gasteiger partial charge in [-0.15, -0.1) is 23.2 Å². The van der Waals surface area contributed by atoms with Gasteiger partial charge in [0.1, 0.15) is 15.5 Å². The lowest BCUT2D eigenvalue weighted by Gasteiger charge is -2.46. The van der Waals surface area contributed by atoms with Crippen molar-refractivity contribution in [3.8, 4) is 0 Å². The van der Waals surface area contributed by atoms with Gasteiger partial charge < -0.3 is 14.6 Å². The van der Waals surface area contributed by atoms with Crippen LogP contribution in [0.1, 0.15) is 52.4 Å². The van der Waals surface area contributed by atoms with E-state index in [-0.39, 0.29) is 11.9 Å². The van der Waals surface area contributed by atoms with E-state index in [4.69, 9.17) is 32.7 Å². The van der Waals surface area contributed by atoms with Gasteiger partial charge in [0.2, 0.25) is 0 Å². The van der Waals surface area contributed by atoms with E-state index in [2.05, 4.69) is 0 Å². The van der Waals surface area contributed by atoms with E-state index in [0.717, 1.165) is 0 Å². The first-order valence-corrected chi connectivity index (χ1v) is 11.4. The fraction of sp³-hybridized carbons (Fsp3) is 0.773. The molecule has 6 rings (SSSR count). The van der Waals surface area contributed by atoms with Crippen LogP contribution < -0.4 is 0 Å².